The lowest BCUT2D eigenvalue weighted by atomic mass is 10.1. The van der Waals surface area contributed by atoms with Gasteiger partial charge in [-0.25, -0.2) is 9.48 Å². The first-order valence-electron chi connectivity index (χ1n) is 7.08. The molecule has 1 amide bonds. The van der Waals surface area contributed by atoms with E-state index in [1.54, 1.807) is 6.92 Å². The molecule has 2 rings (SSSR count). The Hall–Kier alpha value is -2.70. The van der Waals surface area contributed by atoms with Crippen LogP contribution in [0, 0.1) is 0 Å². The van der Waals surface area contributed by atoms with Crippen molar-refractivity contribution in [2.45, 2.75) is 26.3 Å². The van der Waals surface area contributed by atoms with E-state index in [4.69, 9.17) is 5.11 Å². The summed E-state index contributed by atoms with van der Waals surface area (Å²) < 4.78 is 1.33. The Morgan fingerprint density at radius 3 is 2.64 bits per heavy atom. The highest BCUT2D eigenvalue weighted by atomic mass is 16.4. The fourth-order valence-electron chi connectivity index (χ4n) is 2.16. The summed E-state index contributed by atoms with van der Waals surface area (Å²) in [7, 11) is 0. The van der Waals surface area contributed by atoms with Gasteiger partial charge in [-0.2, -0.15) is 0 Å². The van der Waals surface area contributed by atoms with Crippen molar-refractivity contribution in [1.82, 2.24) is 20.3 Å². The van der Waals surface area contributed by atoms with Gasteiger partial charge in [0.2, 0.25) is 5.91 Å². The Morgan fingerprint density at radius 1 is 1.27 bits per heavy atom. The number of nitrogens with zero attached hydrogens (tertiary/aromatic N) is 3. The third-order valence-corrected chi connectivity index (χ3v) is 3.25. The van der Waals surface area contributed by atoms with E-state index >= 15 is 0 Å². The molecule has 7 heteroatoms. The number of carboxylic acids is 1. The molecule has 2 N–H and O–H groups in total. The van der Waals surface area contributed by atoms with Gasteiger partial charge in [-0.1, -0.05) is 42.5 Å². The van der Waals surface area contributed by atoms with Gasteiger partial charge < -0.3 is 10.4 Å². The molecule has 7 nitrogen and oxygen atoms in total. The van der Waals surface area contributed by atoms with Crippen LogP contribution < -0.4 is 5.32 Å². The zero-order valence-electron chi connectivity index (χ0n) is 12.3. The maximum atomic E-state index is 11.9. The van der Waals surface area contributed by atoms with Gasteiger partial charge in [0.1, 0.15) is 6.54 Å². The molecule has 0 aliphatic rings. The van der Waals surface area contributed by atoms with Gasteiger partial charge in [-0.05, 0) is 18.4 Å². The van der Waals surface area contributed by atoms with E-state index in [1.165, 1.54) is 4.68 Å². The summed E-state index contributed by atoms with van der Waals surface area (Å²) in [4.78, 5) is 22.9. The minimum Gasteiger partial charge on any atom is -0.476 e. The molecule has 0 fully saturated rings. The molecule has 0 saturated heterocycles. The molecular formula is C15H18N4O3. The lowest BCUT2D eigenvalue weighted by molar-refractivity contribution is -0.121. The smallest absolute Gasteiger partial charge is 0.358 e. The van der Waals surface area contributed by atoms with Crippen LogP contribution in [0.15, 0.2) is 30.3 Å². The number of hydrogen-bond acceptors (Lipinski definition) is 4. The van der Waals surface area contributed by atoms with Crippen LogP contribution in [0.25, 0.3) is 0 Å². The van der Waals surface area contributed by atoms with Crippen molar-refractivity contribution in [3.8, 4) is 0 Å². The number of aromatic nitrogens is 3. The Bertz CT molecular complexity index is 652. The number of amides is 1. The number of rotatable bonds is 7. The Kier molecular flexibility index (Phi) is 5.24. The molecular weight excluding hydrogens is 284 g/mol. The molecule has 0 bridgehead atoms. The third kappa shape index (κ3) is 3.91. The van der Waals surface area contributed by atoms with Gasteiger partial charge >= 0.3 is 5.97 Å². The molecule has 116 valence electrons. The summed E-state index contributed by atoms with van der Waals surface area (Å²) in [5.74, 6) is -1.35. The fraction of sp³-hybridized carbons (Fsp3) is 0.333. The number of carbonyl (C=O) groups excluding carboxylic acids is 1. The normalized spacial score (nSPS) is 10.4. The van der Waals surface area contributed by atoms with Crippen LogP contribution in [-0.2, 0) is 24.2 Å². The molecule has 0 aliphatic heterocycles. The second-order valence-electron chi connectivity index (χ2n) is 4.79. The molecule has 0 saturated carbocycles. The molecule has 22 heavy (non-hydrogen) atoms. The molecule has 0 radical (unpaired) electrons. The highest BCUT2D eigenvalue weighted by Gasteiger charge is 2.18. The first-order chi connectivity index (χ1) is 10.6. The van der Waals surface area contributed by atoms with E-state index in [0.717, 1.165) is 12.0 Å². The van der Waals surface area contributed by atoms with Gasteiger partial charge in [0.15, 0.2) is 5.69 Å². The monoisotopic (exact) mass is 302 g/mol. The highest BCUT2D eigenvalue weighted by Crippen LogP contribution is 2.06. The van der Waals surface area contributed by atoms with Gasteiger partial charge in [0.25, 0.3) is 0 Å². The van der Waals surface area contributed by atoms with Gasteiger partial charge in [0.05, 0.1) is 5.69 Å². The minimum absolute atomic E-state index is 0.0295. The molecule has 0 spiro atoms. The van der Waals surface area contributed by atoms with E-state index in [0.29, 0.717) is 18.7 Å². The third-order valence-electron chi connectivity index (χ3n) is 3.25. The average molecular weight is 302 g/mol. The first kappa shape index (κ1) is 15.7. The van der Waals surface area contributed by atoms with Crippen LogP contribution >= 0.6 is 0 Å². The van der Waals surface area contributed by atoms with Crippen LogP contribution in [0.3, 0.4) is 0 Å². The summed E-state index contributed by atoms with van der Waals surface area (Å²) >= 11 is 0. The maximum Gasteiger partial charge on any atom is 0.358 e. The summed E-state index contributed by atoms with van der Waals surface area (Å²) in [6, 6.07) is 9.84. The second kappa shape index (κ2) is 7.35. The summed E-state index contributed by atoms with van der Waals surface area (Å²) in [5, 5.41) is 19.1. The number of hydrogen-bond donors (Lipinski definition) is 2. The van der Waals surface area contributed by atoms with Crippen LogP contribution in [0.2, 0.25) is 0 Å². The van der Waals surface area contributed by atoms with Crippen LogP contribution in [0.4, 0.5) is 0 Å². The molecule has 2 aromatic rings. The molecule has 1 heterocycles. The molecule has 0 unspecified atom stereocenters. The Morgan fingerprint density at radius 2 is 2.00 bits per heavy atom. The van der Waals surface area contributed by atoms with Gasteiger partial charge in [0, 0.05) is 6.54 Å². The lowest BCUT2D eigenvalue weighted by Gasteiger charge is -2.07. The van der Waals surface area contributed by atoms with Crippen LogP contribution in [-0.4, -0.2) is 38.5 Å². The zero-order chi connectivity index (χ0) is 15.9. The summed E-state index contributed by atoms with van der Waals surface area (Å²) in [5.41, 5.74) is 1.50. The second-order valence-corrected chi connectivity index (χ2v) is 4.79. The minimum atomic E-state index is -1.13. The van der Waals surface area contributed by atoms with Crippen LogP contribution in [0.1, 0.15) is 28.7 Å². The average Bonchev–Trinajstić information content (AvgIpc) is 2.91. The predicted molar refractivity (Wildman–Crippen MR) is 79.5 cm³/mol. The number of carbonyl (C=O) groups is 2. The number of nitrogens with one attached hydrogen (secondary N) is 1. The summed E-state index contributed by atoms with van der Waals surface area (Å²) in [6.45, 7) is 2.29. The Balaban J connectivity index is 1.88. The van der Waals surface area contributed by atoms with Crippen molar-refractivity contribution in [2.75, 3.05) is 6.54 Å². The predicted octanol–water partition coefficient (Wildman–Crippen LogP) is 0.898. The van der Waals surface area contributed by atoms with Gasteiger partial charge in [-0.3, -0.25) is 4.79 Å². The van der Waals surface area contributed by atoms with Crippen molar-refractivity contribution in [3.05, 3.63) is 47.3 Å². The molecule has 1 aromatic carbocycles. The Labute approximate surface area is 128 Å². The fourth-order valence-corrected chi connectivity index (χ4v) is 2.16. The van der Waals surface area contributed by atoms with Crippen molar-refractivity contribution in [2.24, 2.45) is 0 Å². The van der Waals surface area contributed by atoms with Crippen molar-refractivity contribution < 1.29 is 14.7 Å². The van der Waals surface area contributed by atoms with Crippen molar-refractivity contribution in [3.63, 3.8) is 0 Å². The van der Waals surface area contributed by atoms with Crippen molar-refractivity contribution >= 4 is 11.9 Å². The van der Waals surface area contributed by atoms with E-state index in [9.17, 15) is 9.59 Å². The first-order valence-corrected chi connectivity index (χ1v) is 7.08. The quantitative estimate of drug-likeness (QED) is 0.792. The van der Waals surface area contributed by atoms with Crippen molar-refractivity contribution in [1.29, 1.82) is 0 Å². The zero-order valence-corrected chi connectivity index (χ0v) is 12.3. The molecule has 0 atom stereocenters. The number of aromatic carboxylic acids is 1. The topological polar surface area (TPSA) is 97.1 Å². The molecule has 0 aliphatic carbocycles. The molecule has 1 aromatic heterocycles. The van der Waals surface area contributed by atoms with Crippen LogP contribution in [0.5, 0.6) is 0 Å². The van der Waals surface area contributed by atoms with Gasteiger partial charge in [-0.15, -0.1) is 5.10 Å². The van der Waals surface area contributed by atoms with E-state index in [-0.39, 0.29) is 18.1 Å². The van der Waals surface area contributed by atoms with E-state index in [1.807, 2.05) is 30.3 Å². The number of benzene rings is 1. The lowest BCUT2D eigenvalue weighted by Crippen LogP contribution is -2.30. The summed E-state index contributed by atoms with van der Waals surface area (Å²) in [6.07, 6.45) is 1.19. The van der Waals surface area contributed by atoms with E-state index < -0.39 is 5.97 Å². The largest absolute Gasteiger partial charge is 0.476 e. The highest BCUT2D eigenvalue weighted by molar-refractivity contribution is 5.86. The maximum absolute atomic E-state index is 11.9. The SMILES string of the molecule is CCc1c(C(=O)O)nnn1CC(=O)NCCc1ccccc1. The standard InChI is InChI=1S/C15H18N4O3/c1-2-12-14(15(21)22)17-18-19(12)10-13(20)16-9-8-11-6-4-3-5-7-11/h3-7H,2,8-10H2,1H3,(H,16,20)(H,21,22). The number of carboxylic acid groups (broad SMARTS) is 1. The van der Waals surface area contributed by atoms with E-state index in [2.05, 4.69) is 15.6 Å².